The Bertz CT molecular complexity index is 651. The summed E-state index contributed by atoms with van der Waals surface area (Å²) in [7, 11) is 0. The van der Waals surface area contributed by atoms with Crippen LogP contribution < -0.4 is 0 Å². The third-order valence-corrected chi connectivity index (χ3v) is 4.54. The number of nitrogens with zero attached hydrogens (tertiary/aromatic N) is 1. The molecule has 0 radical (unpaired) electrons. The van der Waals surface area contributed by atoms with Crippen LogP contribution in [0.1, 0.15) is 40.4 Å². The smallest absolute Gasteiger partial charge is 0.254 e. The molecule has 1 atom stereocenters. The minimum absolute atomic E-state index is 0.124. The molecule has 1 saturated heterocycles. The summed E-state index contributed by atoms with van der Waals surface area (Å²) in [5, 5.41) is 0. The van der Waals surface area contributed by atoms with Crippen LogP contribution in [0.4, 0.5) is 0 Å². The number of halogens is 1. The number of benzene rings is 2. The molecule has 2 aromatic rings. The van der Waals surface area contributed by atoms with Crippen molar-refractivity contribution in [1.82, 2.24) is 4.90 Å². The van der Waals surface area contributed by atoms with Crippen molar-refractivity contribution in [2.24, 2.45) is 0 Å². The minimum Gasteiger partial charge on any atom is -0.332 e. The number of rotatable bonds is 2. The highest BCUT2D eigenvalue weighted by Gasteiger charge is 2.30. The van der Waals surface area contributed by atoms with Crippen LogP contribution in [0.5, 0.6) is 0 Å². The van der Waals surface area contributed by atoms with Crippen LogP contribution in [0, 0.1) is 6.92 Å². The molecule has 1 unspecified atom stereocenters. The maximum atomic E-state index is 12.8. The van der Waals surface area contributed by atoms with E-state index in [2.05, 4.69) is 47.1 Å². The van der Waals surface area contributed by atoms with E-state index in [9.17, 15) is 4.79 Å². The standard InChI is InChI=1S/C18H18BrNO/c1-13-7-9-14(10-8-13)17-6-3-11-20(17)18(21)15-4-2-5-16(19)12-15/h2,4-5,7-10,12,17H,3,6,11H2,1H3. The van der Waals surface area contributed by atoms with Crippen LogP contribution >= 0.6 is 15.9 Å². The summed E-state index contributed by atoms with van der Waals surface area (Å²) >= 11 is 3.44. The average Bonchev–Trinajstić information content (AvgIpc) is 2.96. The van der Waals surface area contributed by atoms with Crippen LogP contribution in [0.3, 0.4) is 0 Å². The first-order valence-corrected chi connectivity index (χ1v) is 8.07. The lowest BCUT2D eigenvalue weighted by Gasteiger charge is -2.25. The number of hydrogen-bond acceptors (Lipinski definition) is 1. The lowest BCUT2D eigenvalue weighted by Crippen LogP contribution is -2.30. The van der Waals surface area contributed by atoms with Gasteiger partial charge in [0.2, 0.25) is 0 Å². The van der Waals surface area contributed by atoms with E-state index >= 15 is 0 Å². The Hall–Kier alpha value is -1.61. The van der Waals surface area contributed by atoms with Crippen LogP contribution in [0.25, 0.3) is 0 Å². The molecule has 21 heavy (non-hydrogen) atoms. The number of likely N-dealkylation sites (tertiary alicyclic amines) is 1. The molecule has 1 aliphatic rings. The van der Waals surface area contributed by atoms with Gasteiger partial charge in [0, 0.05) is 16.6 Å². The summed E-state index contributed by atoms with van der Waals surface area (Å²) in [6, 6.07) is 16.4. The summed E-state index contributed by atoms with van der Waals surface area (Å²) in [6.45, 7) is 2.92. The molecule has 1 heterocycles. The third kappa shape index (κ3) is 3.03. The molecular weight excluding hydrogens is 326 g/mol. The highest BCUT2D eigenvalue weighted by atomic mass is 79.9. The van der Waals surface area contributed by atoms with Gasteiger partial charge in [0.25, 0.3) is 5.91 Å². The number of aryl methyl sites for hydroxylation is 1. The molecule has 0 N–H and O–H groups in total. The summed E-state index contributed by atoms with van der Waals surface area (Å²) in [5.41, 5.74) is 3.24. The van der Waals surface area contributed by atoms with Gasteiger partial charge < -0.3 is 4.90 Å². The molecule has 2 nitrogen and oxygen atoms in total. The second-order valence-corrected chi connectivity index (χ2v) is 6.49. The largest absolute Gasteiger partial charge is 0.332 e. The fourth-order valence-corrected chi connectivity index (χ4v) is 3.33. The van der Waals surface area contributed by atoms with Gasteiger partial charge in [0.05, 0.1) is 6.04 Å². The van der Waals surface area contributed by atoms with Crippen molar-refractivity contribution in [3.63, 3.8) is 0 Å². The number of hydrogen-bond donors (Lipinski definition) is 0. The topological polar surface area (TPSA) is 20.3 Å². The number of amides is 1. The van der Waals surface area contributed by atoms with E-state index in [1.165, 1.54) is 11.1 Å². The van der Waals surface area contributed by atoms with E-state index < -0.39 is 0 Å². The van der Waals surface area contributed by atoms with Crippen LogP contribution in [0.2, 0.25) is 0 Å². The SMILES string of the molecule is Cc1ccc(C2CCCN2C(=O)c2cccc(Br)c2)cc1. The second kappa shape index (κ2) is 6.02. The molecule has 0 aliphatic carbocycles. The van der Waals surface area contributed by atoms with E-state index in [-0.39, 0.29) is 11.9 Å². The van der Waals surface area contributed by atoms with Gasteiger partial charge >= 0.3 is 0 Å². The van der Waals surface area contributed by atoms with Gasteiger partial charge in [0.15, 0.2) is 0 Å². The van der Waals surface area contributed by atoms with Crippen molar-refractivity contribution in [2.75, 3.05) is 6.54 Å². The lowest BCUT2D eigenvalue weighted by atomic mass is 10.0. The van der Waals surface area contributed by atoms with E-state index in [0.29, 0.717) is 0 Å². The molecular formula is C18H18BrNO. The minimum atomic E-state index is 0.124. The van der Waals surface area contributed by atoms with Gasteiger partial charge in [-0.15, -0.1) is 0 Å². The average molecular weight is 344 g/mol. The molecule has 108 valence electrons. The van der Waals surface area contributed by atoms with Gasteiger partial charge in [-0.2, -0.15) is 0 Å². The predicted octanol–water partition coefficient (Wildman–Crippen LogP) is 4.73. The Kier molecular flexibility index (Phi) is 4.11. The van der Waals surface area contributed by atoms with Crippen molar-refractivity contribution in [3.05, 3.63) is 69.7 Å². The lowest BCUT2D eigenvalue weighted by molar-refractivity contribution is 0.0735. The summed E-state index contributed by atoms with van der Waals surface area (Å²) < 4.78 is 0.944. The first-order valence-electron chi connectivity index (χ1n) is 7.28. The Labute approximate surface area is 133 Å². The molecule has 1 amide bonds. The fourth-order valence-electron chi connectivity index (χ4n) is 2.93. The van der Waals surface area contributed by atoms with Crippen LogP contribution in [-0.2, 0) is 0 Å². The van der Waals surface area contributed by atoms with Crippen molar-refractivity contribution in [2.45, 2.75) is 25.8 Å². The zero-order valence-corrected chi connectivity index (χ0v) is 13.6. The van der Waals surface area contributed by atoms with Crippen molar-refractivity contribution < 1.29 is 4.79 Å². The Morgan fingerprint density at radius 1 is 1.19 bits per heavy atom. The highest BCUT2D eigenvalue weighted by molar-refractivity contribution is 9.10. The maximum Gasteiger partial charge on any atom is 0.254 e. The van der Waals surface area contributed by atoms with Crippen molar-refractivity contribution >= 4 is 21.8 Å². The maximum absolute atomic E-state index is 12.8. The number of carbonyl (C=O) groups excluding carboxylic acids is 1. The monoisotopic (exact) mass is 343 g/mol. The highest BCUT2D eigenvalue weighted by Crippen LogP contribution is 2.33. The summed E-state index contributed by atoms with van der Waals surface area (Å²) in [4.78, 5) is 14.8. The third-order valence-electron chi connectivity index (χ3n) is 4.05. The Morgan fingerprint density at radius 2 is 1.95 bits per heavy atom. The fraction of sp³-hybridized carbons (Fsp3) is 0.278. The summed E-state index contributed by atoms with van der Waals surface area (Å²) in [5.74, 6) is 0.124. The van der Waals surface area contributed by atoms with Crippen LogP contribution in [0.15, 0.2) is 53.0 Å². The zero-order chi connectivity index (χ0) is 14.8. The van der Waals surface area contributed by atoms with Gasteiger partial charge in [-0.3, -0.25) is 4.79 Å². The molecule has 1 fully saturated rings. The second-order valence-electron chi connectivity index (χ2n) is 5.58. The molecule has 3 heteroatoms. The zero-order valence-electron chi connectivity index (χ0n) is 12.1. The van der Waals surface area contributed by atoms with Crippen LogP contribution in [-0.4, -0.2) is 17.4 Å². The Balaban J connectivity index is 1.87. The molecule has 0 saturated carbocycles. The van der Waals surface area contributed by atoms with Gasteiger partial charge in [-0.25, -0.2) is 0 Å². The van der Waals surface area contributed by atoms with Crippen molar-refractivity contribution in [1.29, 1.82) is 0 Å². The van der Waals surface area contributed by atoms with E-state index in [0.717, 1.165) is 29.4 Å². The summed E-state index contributed by atoms with van der Waals surface area (Å²) in [6.07, 6.45) is 2.11. The number of carbonyl (C=O) groups is 1. The quantitative estimate of drug-likeness (QED) is 0.771. The molecule has 3 rings (SSSR count). The van der Waals surface area contributed by atoms with Gasteiger partial charge in [0.1, 0.15) is 0 Å². The van der Waals surface area contributed by atoms with Crippen molar-refractivity contribution in [3.8, 4) is 0 Å². The normalized spacial score (nSPS) is 18.0. The molecule has 0 bridgehead atoms. The predicted molar refractivity (Wildman–Crippen MR) is 88.3 cm³/mol. The molecule has 0 spiro atoms. The first kappa shape index (κ1) is 14.3. The molecule has 2 aromatic carbocycles. The van der Waals surface area contributed by atoms with E-state index in [4.69, 9.17) is 0 Å². The molecule has 0 aromatic heterocycles. The first-order chi connectivity index (χ1) is 10.1. The van der Waals surface area contributed by atoms with E-state index in [1.54, 1.807) is 0 Å². The van der Waals surface area contributed by atoms with Gasteiger partial charge in [-0.1, -0.05) is 51.8 Å². The van der Waals surface area contributed by atoms with Gasteiger partial charge in [-0.05, 0) is 43.5 Å². The molecule has 1 aliphatic heterocycles. The Morgan fingerprint density at radius 3 is 2.67 bits per heavy atom. The van der Waals surface area contributed by atoms with E-state index in [1.807, 2.05) is 29.2 Å².